The normalized spacial score (nSPS) is 10.5. The van der Waals surface area contributed by atoms with Crippen molar-refractivity contribution in [2.75, 3.05) is 26.1 Å². The van der Waals surface area contributed by atoms with E-state index in [0.29, 0.717) is 4.38 Å². The Hall–Kier alpha value is 0.200. The lowest BCUT2D eigenvalue weighted by Gasteiger charge is -2.05. The number of hydrogen-bond donors (Lipinski definition) is 0. The number of thiocarbonyl (C=S) groups is 1. The van der Waals surface area contributed by atoms with Gasteiger partial charge in [-0.25, -0.2) is 0 Å². The van der Waals surface area contributed by atoms with Crippen molar-refractivity contribution in [3.05, 3.63) is 0 Å². The lowest BCUT2D eigenvalue weighted by atomic mass is 10.1. The Morgan fingerprint density at radius 1 is 0.941 bits per heavy atom. The zero-order chi connectivity index (χ0) is 12.8. The third-order valence-electron chi connectivity index (χ3n) is 2.46. The number of ether oxygens (including phenoxy) is 2. The maximum Gasteiger partial charge on any atom is 0.219 e. The van der Waals surface area contributed by atoms with Gasteiger partial charge in [-0.3, -0.25) is 0 Å². The largest absolute Gasteiger partial charge is 0.479 e. The highest BCUT2D eigenvalue weighted by atomic mass is 32.2. The van der Waals surface area contributed by atoms with Gasteiger partial charge in [0.05, 0.1) is 6.61 Å². The van der Waals surface area contributed by atoms with Crippen LogP contribution in [0.1, 0.15) is 51.9 Å². The van der Waals surface area contributed by atoms with Gasteiger partial charge in [0.2, 0.25) is 4.38 Å². The molecule has 0 fully saturated rings. The number of rotatable bonds is 11. The van der Waals surface area contributed by atoms with Crippen LogP contribution in [0.15, 0.2) is 0 Å². The molecular weight excluding hydrogens is 252 g/mol. The SMILES string of the molecule is CCCCOCCCCCCCOC(=S)SC. The molecule has 0 atom stereocenters. The number of hydrogen-bond acceptors (Lipinski definition) is 4. The highest BCUT2D eigenvalue weighted by Crippen LogP contribution is 2.06. The molecule has 17 heavy (non-hydrogen) atoms. The van der Waals surface area contributed by atoms with E-state index in [2.05, 4.69) is 6.92 Å². The molecule has 0 bridgehead atoms. The molecule has 0 spiro atoms. The Morgan fingerprint density at radius 3 is 2.18 bits per heavy atom. The van der Waals surface area contributed by atoms with Crippen molar-refractivity contribution >= 4 is 28.4 Å². The van der Waals surface area contributed by atoms with Crippen LogP contribution in [0.25, 0.3) is 0 Å². The first-order valence-corrected chi connectivity index (χ1v) is 8.23. The molecule has 4 heteroatoms. The fraction of sp³-hybridized carbons (Fsp3) is 0.923. The van der Waals surface area contributed by atoms with E-state index in [1.165, 1.54) is 50.3 Å². The van der Waals surface area contributed by atoms with Crippen LogP contribution in [-0.2, 0) is 9.47 Å². The van der Waals surface area contributed by atoms with Gasteiger partial charge in [-0.2, -0.15) is 0 Å². The minimum atomic E-state index is 0.661. The predicted octanol–water partition coefficient (Wildman–Crippen LogP) is 4.42. The second-order valence-electron chi connectivity index (χ2n) is 4.04. The highest BCUT2D eigenvalue weighted by Gasteiger charge is 1.95. The van der Waals surface area contributed by atoms with E-state index in [-0.39, 0.29) is 0 Å². The molecule has 0 aromatic carbocycles. The molecule has 0 aromatic rings. The molecule has 0 aliphatic rings. The molecule has 0 radical (unpaired) electrons. The molecule has 0 aliphatic heterocycles. The Balaban J connectivity index is 2.96. The summed E-state index contributed by atoms with van der Waals surface area (Å²) in [6.45, 7) is 4.81. The zero-order valence-electron chi connectivity index (χ0n) is 11.2. The van der Waals surface area contributed by atoms with Crippen molar-refractivity contribution in [2.45, 2.75) is 51.9 Å². The Morgan fingerprint density at radius 2 is 1.53 bits per heavy atom. The predicted molar refractivity (Wildman–Crippen MR) is 80.9 cm³/mol. The standard InChI is InChI=1S/C13H26O2S2/c1-3-4-10-14-11-8-6-5-7-9-12-15-13(16)17-2/h3-12H2,1-2H3. The van der Waals surface area contributed by atoms with Gasteiger partial charge in [0.25, 0.3) is 0 Å². The molecule has 0 aromatic heterocycles. The fourth-order valence-electron chi connectivity index (χ4n) is 1.40. The number of unbranched alkanes of at least 4 members (excludes halogenated alkanes) is 5. The van der Waals surface area contributed by atoms with Crippen LogP contribution in [-0.4, -0.2) is 30.5 Å². The van der Waals surface area contributed by atoms with Gasteiger partial charge in [-0.15, -0.1) is 0 Å². The van der Waals surface area contributed by atoms with Crippen LogP contribution in [0.4, 0.5) is 0 Å². The van der Waals surface area contributed by atoms with Crippen LogP contribution in [0.2, 0.25) is 0 Å². The maximum atomic E-state index is 5.50. The van der Waals surface area contributed by atoms with Crippen molar-refractivity contribution in [1.29, 1.82) is 0 Å². The first-order valence-electron chi connectivity index (χ1n) is 6.59. The lowest BCUT2D eigenvalue weighted by Crippen LogP contribution is -1.99. The fourth-order valence-corrected chi connectivity index (χ4v) is 1.68. The van der Waals surface area contributed by atoms with E-state index in [9.17, 15) is 0 Å². The minimum Gasteiger partial charge on any atom is -0.479 e. The van der Waals surface area contributed by atoms with Crippen LogP contribution in [0.5, 0.6) is 0 Å². The topological polar surface area (TPSA) is 18.5 Å². The van der Waals surface area contributed by atoms with Crippen molar-refractivity contribution in [1.82, 2.24) is 0 Å². The van der Waals surface area contributed by atoms with Gasteiger partial charge >= 0.3 is 0 Å². The monoisotopic (exact) mass is 278 g/mol. The van der Waals surface area contributed by atoms with Crippen molar-refractivity contribution in [2.24, 2.45) is 0 Å². The van der Waals surface area contributed by atoms with E-state index in [1.54, 1.807) is 0 Å². The molecule has 0 N–H and O–H groups in total. The summed E-state index contributed by atoms with van der Waals surface area (Å²) in [5.74, 6) is 0. The van der Waals surface area contributed by atoms with Gasteiger partial charge in [0.15, 0.2) is 0 Å². The smallest absolute Gasteiger partial charge is 0.219 e. The van der Waals surface area contributed by atoms with Crippen LogP contribution in [0, 0.1) is 0 Å². The summed E-state index contributed by atoms with van der Waals surface area (Å²) >= 11 is 6.45. The summed E-state index contributed by atoms with van der Waals surface area (Å²) < 4.78 is 11.5. The average molecular weight is 278 g/mol. The van der Waals surface area contributed by atoms with Crippen molar-refractivity contribution in [3.63, 3.8) is 0 Å². The van der Waals surface area contributed by atoms with Crippen molar-refractivity contribution in [3.8, 4) is 0 Å². The van der Waals surface area contributed by atoms with Gasteiger partial charge in [-0.05, 0) is 37.7 Å². The Kier molecular flexibility index (Phi) is 14.4. The number of thioether (sulfide) groups is 1. The first-order chi connectivity index (χ1) is 8.31. The van der Waals surface area contributed by atoms with Gasteiger partial charge < -0.3 is 9.47 Å². The molecule has 2 nitrogen and oxygen atoms in total. The molecule has 102 valence electrons. The van der Waals surface area contributed by atoms with Gasteiger partial charge in [0, 0.05) is 13.2 Å². The Labute approximate surface area is 116 Å². The quantitative estimate of drug-likeness (QED) is 0.411. The van der Waals surface area contributed by atoms with E-state index >= 15 is 0 Å². The molecule has 0 amide bonds. The first kappa shape index (κ1) is 17.2. The molecular formula is C13H26O2S2. The Bertz CT molecular complexity index is 175. The molecule has 0 rings (SSSR count). The van der Waals surface area contributed by atoms with E-state index < -0.39 is 0 Å². The van der Waals surface area contributed by atoms with Crippen LogP contribution >= 0.6 is 24.0 Å². The highest BCUT2D eigenvalue weighted by molar-refractivity contribution is 8.22. The van der Waals surface area contributed by atoms with Crippen LogP contribution < -0.4 is 0 Å². The van der Waals surface area contributed by atoms with Crippen LogP contribution in [0.3, 0.4) is 0 Å². The second-order valence-corrected chi connectivity index (χ2v) is 5.44. The second kappa shape index (κ2) is 14.3. The van der Waals surface area contributed by atoms with E-state index in [0.717, 1.165) is 26.2 Å². The summed E-state index contributed by atoms with van der Waals surface area (Å²) in [6.07, 6.45) is 10.4. The lowest BCUT2D eigenvalue weighted by molar-refractivity contribution is 0.127. The third kappa shape index (κ3) is 14.1. The third-order valence-corrected chi connectivity index (χ3v) is 3.53. The maximum absolute atomic E-state index is 5.50. The summed E-state index contributed by atoms with van der Waals surface area (Å²) in [7, 11) is 0. The van der Waals surface area contributed by atoms with Crippen molar-refractivity contribution < 1.29 is 9.47 Å². The summed E-state index contributed by atoms with van der Waals surface area (Å²) in [5, 5.41) is 0. The molecule has 0 saturated carbocycles. The van der Waals surface area contributed by atoms with E-state index in [4.69, 9.17) is 21.7 Å². The molecule has 0 aliphatic carbocycles. The van der Waals surface area contributed by atoms with E-state index in [1.807, 2.05) is 6.26 Å². The van der Waals surface area contributed by atoms with Gasteiger partial charge in [-0.1, -0.05) is 44.4 Å². The average Bonchev–Trinajstić information content (AvgIpc) is 2.35. The zero-order valence-corrected chi connectivity index (χ0v) is 12.8. The summed E-state index contributed by atoms with van der Waals surface area (Å²) in [5.41, 5.74) is 0. The summed E-state index contributed by atoms with van der Waals surface area (Å²) in [4.78, 5) is 0. The molecule has 0 unspecified atom stereocenters. The molecule has 0 saturated heterocycles. The summed E-state index contributed by atoms with van der Waals surface area (Å²) in [6, 6.07) is 0. The molecule has 0 heterocycles. The van der Waals surface area contributed by atoms with Gasteiger partial charge in [0.1, 0.15) is 0 Å². The minimum absolute atomic E-state index is 0.661.